The summed E-state index contributed by atoms with van der Waals surface area (Å²) in [5.74, 6) is 0.307. The Balaban J connectivity index is 1.80. The molecule has 1 aromatic heterocycles. The van der Waals surface area contributed by atoms with E-state index in [0.717, 1.165) is 48.3 Å². The van der Waals surface area contributed by atoms with Crippen molar-refractivity contribution in [1.82, 2.24) is 9.88 Å². The van der Waals surface area contributed by atoms with Gasteiger partial charge in [-0.15, -0.1) is 0 Å². The summed E-state index contributed by atoms with van der Waals surface area (Å²) >= 11 is 0. The smallest absolute Gasteiger partial charge is 0.222 e. The lowest BCUT2D eigenvalue weighted by Crippen LogP contribution is -3.18. The van der Waals surface area contributed by atoms with Crippen LogP contribution in [0.4, 0.5) is 0 Å². The van der Waals surface area contributed by atoms with E-state index in [1.54, 1.807) is 6.92 Å². The number of carbonyl (C=O) groups excluding carboxylic acids is 2. The molecular formula is C18H24N3O2+. The summed E-state index contributed by atoms with van der Waals surface area (Å²) in [4.78, 5) is 30.9. The lowest BCUT2D eigenvalue weighted by Gasteiger charge is -2.34. The van der Waals surface area contributed by atoms with Crippen LogP contribution in [0.2, 0.25) is 0 Å². The van der Waals surface area contributed by atoms with E-state index in [1.807, 2.05) is 43.0 Å². The van der Waals surface area contributed by atoms with Crippen LogP contribution in [-0.2, 0) is 4.79 Å². The largest absolute Gasteiger partial charge is 0.358 e. The van der Waals surface area contributed by atoms with Gasteiger partial charge in [-0.1, -0.05) is 18.2 Å². The normalized spacial score (nSPS) is 17.4. The number of nitrogens with one attached hydrogen (secondary N) is 2. The van der Waals surface area contributed by atoms with E-state index in [-0.39, 0.29) is 17.7 Å². The third kappa shape index (κ3) is 2.88. The number of hydrogen-bond donors (Lipinski definition) is 2. The Morgan fingerprint density at radius 2 is 1.87 bits per heavy atom. The van der Waals surface area contributed by atoms with Crippen LogP contribution in [0.5, 0.6) is 0 Å². The summed E-state index contributed by atoms with van der Waals surface area (Å²) in [6, 6.07) is 7.85. The van der Waals surface area contributed by atoms with Crippen LogP contribution >= 0.6 is 0 Å². The minimum absolute atomic E-state index is 0.0954. The van der Waals surface area contributed by atoms with Gasteiger partial charge in [0, 0.05) is 23.5 Å². The van der Waals surface area contributed by atoms with Crippen LogP contribution < -0.4 is 4.90 Å². The Bertz CT molecular complexity index is 742. The van der Waals surface area contributed by atoms with Crippen molar-refractivity contribution < 1.29 is 14.5 Å². The SMILES string of the molecule is CC(=O)N1CC[NH+]([C@H](C)C(=O)c2c(C)[nH]c3ccccc23)CC1. The van der Waals surface area contributed by atoms with Gasteiger partial charge in [-0.3, -0.25) is 9.59 Å². The summed E-state index contributed by atoms with van der Waals surface area (Å²) in [5.41, 5.74) is 2.76. The van der Waals surface area contributed by atoms with Gasteiger partial charge in [-0.2, -0.15) is 0 Å². The highest BCUT2D eigenvalue weighted by molar-refractivity contribution is 6.10. The van der Waals surface area contributed by atoms with Crippen molar-refractivity contribution in [3.8, 4) is 0 Å². The van der Waals surface area contributed by atoms with E-state index in [4.69, 9.17) is 0 Å². The molecule has 3 rings (SSSR count). The minimum Gasteiger partial charge on any atom is -0.358 e. The van der Waals surface area contributed by atoms with Crippen LogP contribution in [0.1, 0.15) is 29.9 Å². The Morgan fingerprint density at radius 1 is 1.22 bits per heavy atom. The molecule has 1 aliphatic rings. The first-order chi connectivity index (χ1) is 11.0. The highest BCUT2D eigenvalue weighted by Gasteiger charge is 2.32. The molecule has 1 atom stereocenters. The second-order valence-electron chi connectivity index (χ2n) is 6.42. The van der Waals surface area contributed by atoms with Crippen LogP contribution in [0.25, 0.3) is 10.9 Å². The van der Waals surface area contributed by atoms with Crippen molar-refractivity contribution in [2.75, 3.05) is 26.2 Å². The van der Waals surface area contributed by atoms with E-state index in [0.29, 0.717) is 0 Å². The predicted octanol–water partition coefficient (Wildman–Crippen LogP) is 0.795. The zero-order valence-corrected chi connectivity index (χ0v) is 14.0. The second kappa shape index (κ2) is 6.16. The molecule has 5 heteroatoms. The van der Waals surface area contributed by atoms with Crippen molar-refractivity contribution >= 4 is 22.6 Å². The third-order valence-corrected chi connectivity index (χ3v) is 5.00. The molecule has 1 saturated heterocycles. The number of fused-ring (bicyclic) bond motifs is 1. The molecule has 1 amide bonds. The maximum absolute atomic E-state index is 13.0. The number of benzene rings is 1. The number of para-hydroxylation sites is 1. The van der Waals surface area contributed by atoms with Crippen molar-refractivity contribution in [2.24, 2.45) is 0 Å². The molecule has 122 valence electrons. The summed E-state index contributed by atoms with van der Waals surface area (Å²) in [6.07, 6.45) is 0. The van der Waals surface area contributed by atoms with Gasteiger partial charge in [0.25, 0.3) is 0 Å². The number of rotatable bonds is 3. The molecule has 0 spiro atoms. The van der Waals surface area contributed by atoms with Gasteiger partial charge in [0.2, 0.25) is 11.7 Å². The van der Waals surface area contributed by atoms with E-state index < -0.39 is 0 Å². The Hall–Kier alpha value is -2.14. The number of piperazine rings is 1. The van der Waals surface area contributed by atoms with Crippen molar-refractivity contribution in [1.29, 1.82) is 0 Å². The maximum Gasteiger partial charge on any atom is 0.222 e. The molecule has 0 unspecified atom stereocenters. The summed E-state index contributed by atoms with van der Waals surface area (Å²) in [5, 5.41) is 1.00. The number of carbonyl (C=O) groups is 2. The highest BCUT2D eigenvalue weighted by atomic mass is 16.2. The van der Waals surface area contributed by atoms with Crippen LogP contribution in [0.3, 0.4) is 0 Å². The average Bonchev–Trinajstić information content (AvgIpc) is 2.89. The molecule has 0 bridgehead atoms. The van der Waals surface area contributed by atoms with Gasteiger partial charge in [-0.25, -0.2) is 0 Å². The van der Waals surface area contributed by atoms with Crippen molar-refractivity contribution in [3.05, 3.63) is 35.5 Å². The Kier molecular flexibility index (Phi) is 4.22. The van der Waals surface area contributed by atoms with E-state index in [9.17, 15) is 9.59 Å². The zero-order valence-electron chi connectivity index (χ0n) is 14.0. The molecule has 5 nitrogen and oxygen atoms in total. The molecule has 2 heterocycles. The first-order valence-electron chi connectivity index (χ1n) is 8.20. The number of nitrogens with zero attached hydrogens (tertiary/aromatic N) is 1. The Morgan fingerprint density at radius 3 is 2.52 bits per heavy atom. The fourth-order valence-corrected chi connectivity index (χ4v) is 3.54. The monoisotopic (exact) mass is 314 g/mol. The van der Waals surface area contributed by atoms with Crippen LogP contribution in [-0.4, -0.2) is 53.8 Å². The van der Waals surface area contributed by atoms with E-state index in [2.05, 4.69) is 4.98 Å². The molecule has 1 aromatic carbocycles. The van der Waals surface area contributed by atoms with Gasteiger partial charge in [-0.05, 0) is 19.9 Å². The van der Waals surface area contributed by atoms with Gasteiger partial charge in [0.15, 0.2) is 0 Å². The molecule has 1 fully saturated rings. The van der Waals surface area contributed by atoms with E-state index in [1.165, 1.54) is 4.90 Å². The number of amides is 1. The highest BCUT2D eigenvalue weighted by Crippen LogP contribution is 2.22. The fourth-order valence-electron chi connectivity index (χ4n) is 3.54. The van der Waals surface area contributed by atoms with Gasteiger partial charge < -0.3 is 14.8 Å². The standard InChI is InChI=1S/C18H23N3O2/c1-12-17(15-6-4-5-7-16(15)19-12)18(23)13(2)20-8-10-21(11-9-20)14(3)22/h4-7,13,19H,8-11H2,1-3H3/p+1/t13-/m1/s1. The molecule has 0 saturated carbocycles. The summed E-state index contributed by atoms with van der Waals surface area (Å²) in [7, 11) is 0. The van der Waals surface area contributed by atoms with Crippen molar-refractivity contribution in [3.63, 3.8) is 0 Å². The molecule has 2 N–H and O–H groups in total. The predicted molar refractivity (Wildman–Crippen MR) is 89.8 cm³/mol. The lowest BCUT2D eigenvalue weighted by atomic mass is 10.0. The number of aryl methyl sites for hydroxylation is 1. The summed E-state index contributed by atoms with van der Waals surface area (Å²) < 4.78 is 0. The maximum atomic E-state index is 13.0. The third-order valence-electron chi connectivity index (χ3n) is 5.00. The lowest BCUT2D eigenvalue weighted by molar-refractivity contribution is -0.917. The van der Waals surface area contributed by atoms with Gasteiger partial charge in [0.1, 0.15) is 6.04 Å². The van der Waals surface area contributed by atoms with E-state index >= 15 is 0 Å². The molecule has 1 aliphatic heterocycles. The summed E-state index contributed by atoms with van der Waals surface area (Å²) in [6.45, 7) is 8.69. The van der Waals surface area contributed by atoms with Crippen molar-refractivity contribution in [2.45, 2.75) is 26.8 Å². The van der Waals surface area contributed by atoms with Crippen LogP contribution in [0.15, 0.2) is 24.3 Å². The molecule has 0 radical (unpaired) electrons. The number of ketones is 1. The zero-order chi connectivity index (χ0) is 16.6. The molecule has 2 aromatic rings. The molecular weight excluding hydrogens is 290 g/mol. The second-order valence-corrected chi connectivity index (χ2v) is 6.42. The fraction of sp³-hybridized carbons (Fsp3) is 0.444. The number of aromatic nitrogens is 1. The molecule has 0 aliphatic carbocycles. The number of Topliss-reactive ketones (excluding diaryl/α,β-unsaturated/α-hetero) is 1. The number of hydrogen-bond acceptors (Lipinski definition) is 2. The minimum atomic E-state index is -0.0954. The quantitative estimate of drug-likeness (QED) is 0.823. The topological polar surface area (TPSA) is 57.6 Å². The van der Waals surface area contributed by atoms with Gasteiger partial charge >= 0.3 is 0 Å². The number of aromatic amines is 1. The number of quaternary nitrogens is 1. The van der Waals surface area contributed by atoms with Crippen LogP contribution in [0, 0.1) is 6.92 Å². The average molecular weight is 314 g/mol. The molecule has 23 heavy (non-hydrogen) atoms. The van der Waals surface area contributed by atoms with Gasteiger partial charge in [0.05, 0.1) is 31.7 Å². The number of H-pyrrole nitrogens is 1. The first-order valence-corrected chi connectivity index (χ1v) is 8.20. The first kappa shape index (κ1) is 15.7. The Labute approximate surface area is 136 Å².